The fourth-order valence-corrected chi connectivity index (χ4v) is 1.26. The van der Waals surface area contributed by atoms with E-state index >= 15 is 0 Å². The summed E-state index contributed by atoms with van der Waals surface area (Å²) in [5.41, 5.74) is 0.845. The molecule has 0 N–H and O–H groups in total. The van der Waals surface area contributed by atoms with E-state index in [1.165, 1.54) is 13.2 Å². The van der Waals surface area contributed by atoms with E-state index < -0.39 is 5.82 Å². The van der Waals surface area contributed by atoms with Crippen molar-refractivity contribution in [2.24, 2.45) is 0 Å². The Morgan fingerprint density at radius 2 is 2.25 bits per heavy atom. The second-order valence-electron chi connectivity index (χ2n) is 3.22. The van der Waals surface area contributed by atoms with E-state index in [0.717, 1.165) is 6.20 Å². The molecule has 2 aromatic heterocycles. The highest BCUT2D eigenvalue weighted by atomic mass is 19.1. The molecule has 0 fully saturated rings. The normalized spacial score (nSPS) is 10.7. The van der Waals surface area contributed by atoms with Gasteiger partial charge >= 0.3 is 0 Å². The number of hydrogen-bond acceptors (Lipinski definition) is 5. The van der Waals surface area contributed by atoms with Crippen LogP contribution in [0.5, 0.6) is 0 Å². The monoisotopic (exact) mass is 223 g/mol. The van der Waals surface area contributed by atoms with Gasteiger partial charge in [-0.2, -0.15) is 0 Å². The van der Waals surface area contributed by atoms with Crippen molar-refractivity contribution in [2.45, 2.75) is 13.5 Å². The van der Waals surface area contributed by atoms with Crippen LogP contribution in [0, 0.1) is 12.7 Å². The van der Waals surface area contributed by atoms with Gasteiger partial charge in [-0.1, -0.05) is 0 Å². The van der Waals surface area contributed by atoms with E-state index in [1.54, 1.807) is 6.92 Å². The highest BCUT2D eigenvalue weighted by molar-refractivity contribution is 5.47. The largest absolute Gasteiger partial charge is 0.420 e. The van der Waals surface area contributed by atoms with Crippen LogP contribution in [0.15, 0.2) is 16.7 Å². The lowest BCUT2D eigenvalue weighted by molar-refractivity contribution is 0.181. The van der Waals surface area contributed by atoms with Gasteiger partial charge in [-0.25, -0.2) is 9.37 Å². The molecule has 0 aliphatic heterocycles. The molecule has 6 heteroatoms. The highest BCUT2D eigenvalue weighted by Crippen LogP contribution is 2.18. The Bertz CT molecular complexity index is 499. The topological polar surface area (TPSA) is 61.0 Å². The summed E-state index contributed by atoms with van der Waals surface area (Å²) in [6, 6.07) is 1.53. The predicted octanol–water partition coefficient (Wildman–Crippen LogP) is 1.73. The van der Waals surface area contributed by atoms with Crippen molar-refractivity contribution in [1.29, 1.82) is 0 Å². The van der Waals surface area contributed by atoms with Crippen molar-refractivity contribution in [1.82, 2.24) is 15.2 Å². The summed E-state index contributed by atoms with van der Waals surface area (Å²) in [4.78, 5) is 3.88. The second-order valence-corrected chi connectivity index (χ2v) is 3.22. The Morgan fingerprint density at radius 1 is 1.44 bits per heavy atom. The average Bonchev–Trinajstić information content (AvgIpc) is 2.69. The number of pyridine rings is 1. The van der Waals surface area contributed by atoms with E-state index in [1.807, 2.05) is 0 Å². The smallest absolute Gasteiger partial charge is 0.266 e. The highest BCUT2D eigenvalue weighted by Gasteiger charge is 2.11. The summed E-state index contributed by atoms with van der Waals surface area (Å²) in [5.74, 6) is 0.297. The van der Waals surface area contributed by atoms with Gasteiger partial charge in [0.15, 0.2) is 0 Å². The van der Waals surface area contributed by atoms with Crippen molar-refractivity contribution in [3.8, 4) is 11.6 Å². The van der Waals surface area contributed by atoms with Gasteiger partial charge in [0.25, 0.3) is 5.89 Å². The van der Waals surface area contributed by atoms with Crippen LogP contribution in [0.4, 0.5) is 4.39 Å². The van der Waals surface area contributed by atoms with Gasteiger partial charge in [-0.3, -0.25) is 0 Å². The van der Waals surface area contributed by atoms with Crippen LogP contribution in [0.25, 0.3) is 11.6 Å². The van der Waals surface area contributed by atoms with Crippen LogP contribution < -0.4 is 0 Å². The first-order chi connectivity index (χ1) is 7.70. The summed E-state index contributed by atoms with van der Waals surface area (Å²) in [5, 5.41) is 7.48. The molecule has 84 valence electrons. The van der Waals surface area contributed by atoms with E-state index in [0.29, 0.717) is 17.1 Å². The predicted molar refractivity (Wildman–Crippen MR) is 52.9 cm³/mol. The van der Waals surface area contributed by atoms with E-state index in [4.69, 9.17) is 9.15 Å². The Hall–Kier alpha value is -1.82. The maximum Gasteiger partial charge on any atom is 0.266 e. The fraction of sp³-hybridized carbons (Fsp3) is 0.300. The minimum absolute atomic E-state index is 0.175. The maximum absolute atomic E-state index is 13.3. The average molecular weight is 223 g/mol. The lowest BCUT2D eigenvalue weighted by atomic mass is 10.2. The van der Waals surface area contributed by atoms with Crippen LogP contribution in [0.3, 0.4) is 0 Å². The van der Waals surface area contributed by atoms with Gasteiger partial charge in [0, 0.05) is 19.6 Å². The Balaban J connectivity index is 2.39. The van der Waals surface area contributed by atoms with E-state index in [9.17, 15) is 4.39 Å². The standard InChI is InChI=1S/C10H10FN3O2/c1-6-13-14-10(16-6)9-3-7(5-15-2)8(11)4-12-9/h3-4H,5H2,1-2H3. The third-order valence-electron chi connectivity index (χ3n) is 1.98. The van der Waals surface area contributed by atoms with Crippen molar-refractivity contribution in [3.63, 3.8) is 0 Å². The molecule has 0 saturated heterocycles. The molecule has 2 aromatic rings. The van der Waals surface area contributed by atoms with E-state index in [-0.39, 0.29) is 12.5 Å². The molecule has 0 atom stereocenters. The lowest BCUT2D eigenvalue weighted by Gasteiger charge is -2.02. The quantitative estimate of drug-likeness (QED) is 0.792. The van der Waals surface area contributed by atoms with Crippen LogP contribution in [0.1, 0.15) is 11.5 Å². The van der Waals surface area contributed by atoms with Gasteiger partial charge in [0.1, 0.15) is 11.5 Å². The van der Waals surface area contributed by atoms with Gasteiger partial charge in [-0.05, 0) is 6.07 Å². The summed E-state index contributed by atoms with van der Waals surface area (Å²) < 4.78 is 23.3. The minimum atomic E-state index is -0.415. The summed E-state index contributed by atoms with van der Waals surface area (Å²) in [6.07, 6.45) is 1.11. The zero-order valence-electron chi connectivity index (χ0n) is 8.90. The minimum Gasteiger partial charge on any atom is -0.420 e. The van der Waals surface area contributed by atoms with Crippen LogP contribution >= 0.6 is 0 Å². The zero-order valence-corrected chi connectivity index (χ0v) is 8.90. The number of rotatable bonds is 3. The molecule has 0 aliphatic rings. The Labute approximate surface area is 91.3 Å². The molecule has 16 heavy (non-hydrogen) atoms. The van der Waals surface area contributed by atoms with Crippen molar-refractivity contribution in [3.05, 3.63) is 29.5 Å². The lowest BCUT2D eigenvalue weighted by Crippen LogP contribution is -1.96. The maximum atomic E-state index is 13.3. The summed E-state index contributed by atoms with van der Waals surface area (Å²) >= 11 is 0. The zero-order chi connectivity index (χ0) is 11.5. The van der Waals surface area contributed by atoms with Crippen molar-refractivity contribution >= 4 is 0 Å². The Kier molecular flexibility index (Phi) is 2.91. The molecule has 0 bridgehead atoms. The first-order valence-electron chi connectivity index (χ1n) is 4.64. The molecule has 0 aliphatic carbocycles. The van der Waals surface area contributed by atoms with Crippen LogP contribution in [0.2, 0.25) is 0 Å². The molecule has 0 amide bonds. The number of nitrogens with zero attached hydrogens (tertiary/aromatic N) is 3. The van der Waals surface area contributed by atoms with E-state index in [2.05, 4.69) is 15.2 Å². The second kappa shape index (κ2) is 4.36. The number of aryl methyl sites for hydroxylation is 1. The molecule has 0 spiro atoms. The summed E-state index contributed by atoms with van der Waals surface area (Å²) in [7, 11) is 1.50. The number of methoxy groups -OCH3 is 1. The van der Waals surface area contributed by atoms with Crippen molar-refractivity contribution in [2.75, 3.05) is 7.11 Å². The van der Waals surface area contributed by atoms with Gasteiger partial charge in [-0.15, -0.1) is 10.2 Å². The molecule has 2 heterocycles. The van der Waals surface area contributed by atoms with Crippen molar-refractivity contribution < 1.29 is 13.5 Å². The molecule has 2 rings (SSSR count). The number of hydrogen-bond donors (Lipinski definition) is 0. The number of halogens is 1. The SMILES string of the molecule is COCc1cc(-c2nnc(C)o2)ncc1F. The number of aromatic nitrogens is 3. The third kappa shape index (κ3) is 2.06. The number of ether oxygens (including phenoxy) is 1. The third-order valence-corrected chi connectivity index (χ3v) is 1.98. The molecule has 0 unspecified atom stereocenters. The molecule has 0 radical (unpaired) electrons. The van der Waals surface area contributed by atoms with Crippen LogP contribution in [-0.4, -0.2) is 22.3 Å². The molecule has 0 saturated carbocycles. The van der Waals surface area contributed by atoms with Gasteiger partial charge < -0.3 is 9.15 Å². The molecule has 5 nitrogen and oxygen atoms in total. The van der Waals surface area contributed by atoms with Gasteiger partial charge in [0.05, 0.1) is 12.8 Å². The first-order valence-corrected chi connectivity index (χ1v) is 4.64. The molecular formula is C10H10FN3O2. The molecular weight excluding hydrogens is 213 g/mol. The van der Waals surface area contributed by atoms with Gasteiger partial charge in [0.2, 0.25) is 5.89 Å². The Morgan fingerprint density at radius 3 is 2.88 bits per heavy atom. The first kappa shape index (κ1) is 10.7. The molecule has 0 aromatic carbocycles. The fourth-order valence-electron chi connectivity index (χ4n) is 1.26. The summed E-state index contributed by atoms with van der Waals surface area (Å²) in [6.45, 7) is 1.85. The van der Waals surface area contributed by atoms with Crippen LogP contribution in [-0.2, 0) is 11.3 Å².